The molecule has 0 bridgehead atoms. The van der Waals surface area contributed by atoms with Gasteiger partial charge in [-0.3, -0.25) is 14.2 Å². The molecule has 0 aliphatic heterocycles. The Labute approximate surface area is 187 Å². The number of hydrogen-bond acceptors (Lipinski definition) is 7. The van der Waals surface area contributed by atoms with E-state index in [1.807, 2.05) is 13.0 Å². The van der Waals surface area contributed by atoms with Gasteiger partial charge in [-0.05, 0) is 31.5 Å². The Morgan fingerprint density at radius 3 is 2.81 bits per heavy atom. The second-order valence-corrected chi connectivity index (χ2v) is 7.94. The van der Waals surface area contributed by atoms with Crippen LogP contribution in [-0.2, 0) is 16.1 Å². The fraction of sp³-hybridized carbons (Fsp3) is 0.273. The number of hydrogen-bond donors (Lipinski definition) is 3. The van der Waals surface area contributed by atoms with Crippen LogP contribution in [0.25, 0.3) is 22.7 Å². The molecule has 3 aromatic rings. The molecule has 10 heteroatoms. The number of nitrogens with zero attached hydrogens (tertiary/aromatic N) is 2. The summed E-state index contributed by atoms with van der Waals surface area (Å²) in [5.41, 5.74) is 6.68. The van der Waals surface area contributed by atoms with Crippen LogP contribution >= 0.6 is 11.3 Å². The maximum Gasteiger partial charge on any atom is 0.351 e. The summed E-state index contributed by atoms with van der Waals surface area (Å²) < 4.78 is 7.02. The molecule has 0 fully saturated rings. The van der Waals surface area contributed by atoms with Crippen molar-refractivity contribution in [3.63, 3.8) is 0 Å². The molecule has 3 rings (SSSR count). The van der Waals surface area contributed by atoms with Crippen molar-refractivity contribution in [1.29, 1.82) is 5.26 Å². The van der Waals surface area contributed by atoms with Gasteiger partial charge in [0.2, 0.25) is 0 Å². The molecule has 2 aromatic heterocycles. The molecule has 1 amide bonds. The number of benzene rings is 1. The van der Waals surface area contributed by atoms with Crippen LogP contribution in [-0.4, -0.2) is 28.0 Å². The van der Waals surface area contributed by atoms with Gasteiger partial charge in [0.1, 0.15) is 15.3 Å². The first-order chi connectivity index (χ1) is 15.4. The normalized spacial score (nSPS) is 12.5. The molecular formula is C22H23N5O4S. The van der Waals surface area contributed by atoms with Crippen molar-refractivity contribution in [3.8, 4) is 6.07 Å². The number of fused-ring (bicyclic) bond motifs is 1. The third kappa shape index (κ3) is 4.58. The molecule has 0 radical (unpaired) electrons. The standard InChI is InChI=1S/C22H23N5O4S/c1-3-5-8-27-20(29)18(32-21(27)15(10-23)22(30)31-4-2)12-25-13-6-7-17-14(9-13)16(11-26-17)19(24)28/h6-7,9,11-12,25-26H,3-5,8H2,1-2H3,(H2,24,28). The summed E-state index contributed by atoms with van der Waals surface area (Å²) in [6.07, 6.45) is 4.64. The molecule has 0 unspecified atom stereocenters. The SMILES string of the molecule is CCCCn1c(=C(C#N)C(=O)OCC)sc(=CNc2ccc3[nH]cc(C(N)=O)c3c2)c1=O. The van der Waals surface area contributed by atoms with Gasteiger partial charge < -0.3 is 20.8 Å². The van der Waals surface area contributed by atoms with Crippen molar-refractivity contribution in [2.45, 2.75) is 33.2 Å². The Bertz CT molecular complexity index is 1390. The number of carbonyl (C=O) groups excluding carboxylic acids is 2. The minimum atomic E-state index is -0.752. The molecule has 166 valence electrons. The Balaban J connectivity index is 2.09. The fourth-order valence-corrected chi connectivity index (χ4v) is 4.21. The highest BCUT2D eigenvalue weighted by atomic mass is 32.1. The average molecular weight is 454 g/mol. The molecule has 0 atom stereocenters. The van der Waals surface area contributed by atoms with E-state index in [-0.39, 0.29) is 22.4 Å². The highest BCUT2D eigenvalue weighted by Crippen LogP contribution is 2.22. The molecule has 0 saturated carbocycles. The van der Waals surface area contributed by atoms with Crippen LogP contribution in [0.3, 0.4) is 0 Å². The van der Waals surface area contributed by atoms with Gasteiger partial charge in [-0.2, -0.15) is 5.26 Å². The van der Waals surface area contributed by atoms with Crippen LogP contribution in [0.15, 0.2) is 29.2 Å². The van der Waals surface area contributed by atoms with Gasteiger partial charge in [-0.25, -0.2) is 4.79 Å². The number of anilines is 1. The molecule has 0 aliphatic rings. The van der Waals surface area contributed by atoms with Gasteiger partial charge in [0.25, 0.3) is 11.5 Å². The maximum atomic E-state index is 13.0. The summed E-state index contributed by atoms with van der Waals surface area (Å²) in [4.78, 5) is 39.8. The van der Waals surface area contributed by atoms with Crippen LogP contribution in [0.5, 0.6) is 0 Å². The van der Waals surface area contributed by atoms with Crippen molar-refractivity contribution < 1.29 is 14.3 Å². The molecule has 0 saturated heterocycles. The van der Waals surface area contributed by atoms with Gasteiger partial charge in [-0.15, -0.1) is 11.3 Å². The van der Waals surface area contributed by atoms with E-state index in [2.05, 4.69) is 10.3 Å². The average Bonchev–Trinajstić information content (AvgIpc) is 3.32. The smallest absolute Gasteiger partial charge is 0.351 e. The first-order valence-electron chi connectivity index (χ1n) is 10.1. The lowest BCUT2D eigenvalue weighted by atomic mass is 10.1. The summed E-state index contributed by atoms with van der Waals surface area (Å²) >= 11 is 1.05. The summed E-state index contributed by atoms with van der Waals surface area (Å²) in [5.74, 6) is -1.30. The number of H-pyrrole nitrogens is 1. The monoisotopic (exact) mass is 453 g/mol. The topological polar surface area (TPSA) is 143 Å². The zero-order chi connectivity index (χ0) is 23.3. The van der Waals surface area contributed by atoms with Crippen LogP contribution in [0, 0.1) is 11.3 Å². The van der Waals surface area contributed by atoms with Crippen molar-refractivity contribution in [3.05, 3.63) is 49.5 Å². The quantitative estimate of drug-likeness (QED) is 0.440. The summed E-state index contributed by atoms with van der Waals surface area (Å²) in [7, 11) is 0. The number of aromatic nitrogens is 2. The first kappa shape index (κ1) is 22.8. The number of rotatable bonds is 8. The zero-order valence-corrected chi connectivity index (χ0v) is 18.5. The van der Waals surface area contributed by atoms with Gasteiger partial charge in [0.15, 0.2) is 5.57 Å². The van der Waals surface area contributed by atoms with Crippen molar-refractivity contribution >= 4 is 51.6 Å². The van der Waals surface area contributed by atoms with Gasteiger partial charge >= 0.3 is 5.97 Å². The lowest BCUT2D eigenvalue weighted by molar-refractivity contribution is -0.136. The molecule has 0 aliphatic carbocycles. The number of amides is 1. The number of esters is 1. The summed E-state index contributed by atoms with van der Waals surface area (Å²) in [5, 5.41) is 13.2. The highest BCUT2D eigenvalue weighted by Gasteiger charge is 2.16. The van der Waals surface area contributed by atoms with E-state index < -0.39 is 11.9 Å². The Kier molecular flexibility index (Phi) is 7.12. The number of nitriles is 1. The molecule has 2 heterocycles. The number of ether oxygens (including phenoxy) is 1. The van der Waals surface area contributed by atoms with Gasteiger partial charge in [0.05, 0.1) is 12.2 Å². The lowest BCUT2D eigenvalue weighted by Gasteiger charge is -2.02. The number of nitrogens with one attached hydrogen (secondary N) is 2. The predicted octanol–water partition coefficient (Wildman–Crippen LogP) is 1.38. The van der Waals surface area contributed by atoms with Crippen molar-refractivity contribution in [2.75, 3.05) is 11.9 Å². The molecule has 9 nitrogen and oxygen atoms in total. The third-order valence-corrected chi connectivity index (χ3v) is 5.90. The molecule has 1 aromatic carbocycles. The van der Waals surface area contributed by atoms with E-state index in [0.717, 1.165) is 29.7 Å². The lowest BCUT2D eigenvalue weighted by Crippen LogP contribution is -2.33. The molecular weight excluding hydrogens is 430 g/mol. The molecule has 0 spiro atoms. The maximum absolute atomic E-state index is 13.0. The van der Waals surface area contributed by atoms with E-state index >= 15 is 0 Å². The Morgan fingerprint density at radius 2 is 2.16 bits per heavy atom. The fourth-order valence-electron chi connectivity index (χ4n) is 3.17. The number of nitrogens with two attached hydrogens (primary N) is 1. The Hall–Kier alpha value is -3.84. The minimum Gasteiger partial charge on any atom is -0.462 e. The Morgan fingerprint density at radius 1 is 1.38 bits per heavy atom. The van der Waals surface area contributed by atoms with E-state index in [0.29, 0.717) is 27.7 Å². The van der Waals surface area contributed by atoms with E-state index in [1.54, 1.807) is 31.3 Å². The number of primary amides is 1. The first-order valence-corrected chi connectivity index (χ1v) is 10.9. The summed E-state index contributed by atoms with van der Waals surface area (Å²) in [6.45, 7) is 4.16. The highest BCUT2D eigenvalue weighted by molar-refractivity contribution is 7.07. The molecule has 32 heavy (non-hydrogen) atoms. The second-order valence-electron chi connectivity index (χ2n) is 6.90. The van der Waals surface area contributed by atoms with Crippen LogP contribution < -0.4 is 25.8 Å². The van der Waals surface area contributed by atoms with Crippen molar-refractivity contribution in [1.82, 2.24) is 9.55 Å². The van der Waals surface area contributed by atoms with E-state index in [1.165, 1.54) is 10.8 Å². The minimum absolute atomic E-state index is 0.129. The molecule has 4 N–H and O–H groups in total. The van der Waals surface area contributed by atoms with Crippen molar-refractivity contribution in [2.24, 2.45) is 5.73 Å². The van der Waals surface area contributed by atoms with Gasteiger partial charge in [-0.1, -0.05) is 13.3 Å². The number of thiazole rings is 1. The zero-order valence-electron chi connectivity index (χ0n) is 17.7. The van der Waals surface area contributed by atoms with E-state index in [9.17, 15) is 19.6 Å². The number of carbonyl (C=O) groups is 2. The van der Waals surface area contributed by atoms with E-state index in [4.69, 9.17) is 10.5 Å². The third-order valence-electron chi connectivity index (χ3n) is 4.77. The summed E-state index contributed by atoms with van der Waals surface area (Å²) in [6, 6.07) is 7.21. The van der Waals surface area contributed by atoms with Crippen LogP contribution in [0.4, 0.5) is 5.69 Å². The van der Waals surface area contributed by atoms with Gasteiger partial charge in [0, 0.05) is 35.5 Å². The van der Waals surface area contributed by atoms with Crippen LogP contribution in [0.2, 0.25) is 0 Å². The number of aromatic amines is 1. The predicted molar refractivity (Wildman–Crippen MR) is 123 cm³/mol. The second kappa shape index (κ2) is 9.98. The van der Waals surface area contributed by atoms with Crippen LogP contribution in [0.1, 0.15) is 37.0 Å². The number of unbranched alkanes of at least 4 members (excludes halogenated alkanes) is 1. The largest absolute Gasteiger partial charge is 0.462 e.